The van der Waals surface area contributed by atoms with Gasteiger partial charge < -0.3 is 5.32 Å². The van der Waals surface area contributed by atoms with Gasteiger partial charge in [0.1, 0.15) is 0 Å². The van der Waals surface area contributed by atoms with Gasteiger partial charge >= 0.3 is 0 Å². The van der Waals surface area contributed by atoms with Gasteiger partial charge in [-0.25, -0.2) is 8.42 Å². The molecule has 0 aliphatic carbocycles. The van der Waals surface area contributed by atoms with E-state index in [2.05, 4.69) is 26.0 Å². The third-order valence-corrected chi connectivity index (χ3v) is 5.40. The lowest BCUT2D eigenvalue weighted by Gasteiger charge is -2.12. The van der Waals surface area contributed by atoms with Crippen molar-refractivity contribution in [1.29, 1.82) is 0 Å². The highest BCUT2D eigenvalue weighted by molar-refractivity contribution is 9.10. The minimum atomic E-state index is -3.57. The van der Waals surface area contributed by atoms with Crippen LogP contribution in [0.25, 0.3) is 0 Å². The standard InChI is InChI=1S/C15H15BrN2O2S/c1-10-2-3-12(16)9-15(10)18-21(19,20)13-4-5-14-11(8-13)6-7-17-14/h2-5,8-9,17-18H,6-7H2,1H3. The molecule has 0 unspecified atom stereocenters. The van der Waals surface area contributed by atoms with E-state index in [1.165, 1.54) is 0 Å². The van der Waals surface area contributed by atoms with Crippen molar-refractivity contribution in [2.75, 3.05) is 16.6 Å². The third-order valence-electron chi connectivity index (χ3n) is 3.54. The van der Waals surface area contributed by atoms with Gasteiger partial charge in [0.05, 0.1) is 10.6 Å². The van der Waals surface area contributed by atoms with Crippen LogP contribution in [0.4, 0.5) is 11.4 Å². The van der Waals surface area contributed by atoms with E-state index in [4.69, 9.17) is 0 Å². The molecule has 21 heavy (non-hydrogen) atoms. The fourth-order valence-electron chi connectivity index (χ4n) is 2.36. The quantitative estimate of drug-likeness (QED) is 0.873. The summed E-state index contributed by atoms with van der Waals surface area (Å²) in [6.07, 6.45) is 0.856. The van der Waals surface area contributed by atoms with Crippen molar-refractivity contribution in [3.05, 3.63) is 52.0 Å². The molecule has 1 aliphatic rings. The van der Waals surface area contributed by atoms with E-state index in [1.807, 2.05) is 25.1 Å². The van der Waals surface area contributed by atoms with E-state index in [-0.39, 0.29) is 0 Å². The number of halogens is 1. The number of sulfonamides is 1. The molecule has 0 bridgehead atoms. The zero-order valence-electron chi connectivity index (χ0n) is 11.5. The summed E-state index contributed by atoms with van der Waals surface area (Å²) in [6.45, 7) is 2.73. The van der Waals surface area contributed by atoms with Crippen LogP contribution in [0.2, 0.25) is 0 Å². The first-order chi connectivity index (χ1) is 9.95. The second-order valence-electron chi connectivity index (χ2n) is 5.06. The molecule has 0 saturated heterocycles. The number of nitrogens with one attached hydrogen (secondary N) is 2. The topological polar surface area (TPSA) is 58.2 Å². The zero-order chi connectivity index (χ0) is 15.0. The van der Waals surface area contributed by atoms with Gasteiger partial charge in [-0.05, 0) is 54.8 Å². The van der Waals surface area contributed by atoms with Gasteiger partial charge in [0.2, 0.25) is 0 Å². The van der Waals surface area contributed by atoms with Crippen molar-refractivity contribution >= 4 is 37.3 Å². The van der Waals surface area contributed by atoms with Crippen LogP contribution in [0, 0.1) is 6.92 Å². The molecule has 6 heteroatoms. The van der Waals surface area contributed by atoms with Crippen LogP contribution in [0.3, 0.4) is 0 Å². The highest BCUT2D eigenvalue weighted by Crippen LogP contribution is 2.27. The molecule has 1 aliphatic heterocycles. The number of fused-ring (bicyclic) bond motifs is 1. The van der Waals surface area contributed by atoms with Gasteiger partial charge in [-0.15, -0.1) is 0 Å². The first-order valence-corrected chi connectivity index (χ1v) is 8.89. The van der Waals surface area contributed by atoms with Crippen LogP contribution in [0.15, 0.2) is 45.8 Å². The molecular formula is C15H15BrN2O2S. The van der Waals surface area contributed by atoms with Crippen LogP contribution in [0.1, 0.15) is 11.1 Å². The Bertz CT molecular complexity index is 803. The molecule has 0 fully saturated rings. The Hall–Kier alpha value is -1.53. The number of hydrogen-bond donors (Lipinski definition) is 2. The summed E-state index contributed by atoms with van der Waals surface area (Å²) in [4.78, 5) is 0.296. The van der Waals surface area contributed by atoms with E-state index in [9.17, 15) is 8.42 Å². The van der Waals surface area contributed by atoms with Crippen molar-refractivity contribution in [1.82, 2.24) is 0 Å². The number of hydrogen-bond acceptors (Lipinski definition) is 3. The molecule has 0 radical (unpaired) electrons. The predicted molar refractivity (Wildman–Crippen MR) is 88.3 cm³/mol. The van der Waals surface area contributed by atoms with Gasteiger partial charge in [0, 0.05) is 16.7 Å². The minimum Gasteiger partial charge on any atom is -0.384 e. The predicted octanol–water partition coefficient (Wildman–Crippen LogP) is 3.53. The Labute approximate surface area is 132 Å². The van der Waals surface area contributed by atoms with Crippen LogP contribution >= 0.6 is 15.9 Å². The van der Waals surface area contributed by atoms with Gasteiger partial charge in [0.25, 0.3) is 10.0 Å². The summed E-state index contributed by atoms with van der Waals surface area (Å²) in [5.74, 6) is 0. The second-order valence-corrected chi connectivity index (χ2v) is 7.66. The average Bonchev–Trinajstić information content (AvgIpc) is 2.90. The zero-order valence-corrected chi connectivity index (χ0v) is 13.9. The second kappa shape index (κ2) is 5.35. The van der Waals surface area contributed by atoms with E-state index in [1.54, 1.807) is 18.2 Å². The van der Waals surface area contributed by atoms with E-state index in [0.29, 0.717) is 10.6 Å². The number of anilines is 2. The molecule has 0 spiro atoms. The third kappa shape index (κ3) is 2.91. The molecule has 0 aromatic heterocycles. The summed E-state index contributed by atoms with van der Waals surface area (Å²) in [5.41, 5.74) is 3.53. The van der Waals surface area contributed by atoms with E-state index >= 15 is 0 Å². The van der Waals surface area contributed by atoms with Crippen LogP contribution in [-0.2, 0) is 16.4 Å². The Kier molecular flexibility index (Phi) is 3.67. The van der Waals surface area contributed by atoms with Crippen molar-refractivity contribution in [3.8, 4) is 0 Å². The summed E-state index contributed by atoms with van der Waals surface area (Å²) < 4.78 is 28.5. The summed E-state index contributed by atoms with van der Waals surface area (Å²) in [5, 5.41) is 3.22. The maximum Gasteiger partial charge on any atom is 0.261 e. The Morgan fingerprint density at radius 1 is 1.19 bits per heavy atom. The molecule has 1 heterocycles. The van der Waals surface area contributed by atoms with Gasteiger partial charge in [0.15, 0.2) is 0 Å². The molecule has 0 saturated carbocycles. The molecule has 0 amide bonds. The molecule has 0 atom stereocenters. The minimum absolute atomic E-state index is 0.296. The molecule has 2 N–H and O–H groups in total. The molecular weight excluding hydrogens is 352 g/mol. The van der Waals surface area contributed by atoms with Crippen molar-refractivity contribution < 1.29 is 8.42 Å². The largest absolute Gasteiger partial charge is 0.384 e. The number of rotatable bonds is 3. The first-order valence-electron chi connectivity index (χ1n) is 6.61. The van der Waals surface area contributed by atoms with Crippen LogP contribution < -0.4 is 10.0 Å². The number of benzene rings is 2. The summed E-state index contributed by atoms with van der Waals surface area (Å²) in [6, 6.07) is 10.7. The Balaban J connectivity index is 1.95. The molecule has 110 valence electrons. The lowest BCUT2D eigenvalue weighted by Crippen LogP contribution is -2.14. The Morgan fingerprint density at radius 2 is 2.00 bits per heavy atom. The lowest BCUT2D eigenvalue weighted by atomic mass is 10.2. The normalized spacial score (nSPS) is 13.6. The smallest absolute Gasteiger partial charge is 0.261 e. The Morgan fingerprint density at radius 3 is 2.81 bits per heavy atom. The van der Waals surface area contributed by atoms with Crippen molar-refractivity contribution in [2.24, 2.45) is 0 Å². The van der Waals surface area contributed by atoms with Crippen LogP contribution in [0.5, 0.6) is 0 Å². The highest BCUT2D eigenvalue weighted by Gasteiger charge is 2.19. The maximum atomic E-state index is 12.5. The first kappa shape index (κ1) is 14.4. The lowest BCUT2D eigenvalue weighted by molar-refractivity contribution is 0.601. The molecule has 2 aromatic carbocycles. The molecule has 2 aromatic rings. The summed E-state index contributed by atoms with van der Waals surface area (Å²) >= 11 is 3.36. The fourth-order valence-corrected chi connectivity index (χ4v) is 3.89. The maximum absolute atomic E-state index is 12.5. The number of aryl methyl sites for hydroxylation is 1. The molecule has 3 rings (SSSR count). The average molecular weight is 367 g/mol. The molecule has 4 nitrogen and oxygen atoms in total. The van der Waals surface area contributed by atoms with E-state index in [0.717, 1.165) is 34.3 Å². The summed E-state index contributed by atoms with van der Waals surface area (Å²) in [7, 11) is -3.57. The van der Waals surface area contributed by atoms with Crippen molar-refractivity contribution in [3.63, 3.8) is 0 Å². The van der Waals surface area contributed by atoms with Gasteiger partial charge in [-0.1, -0.05) is 22.0 Å². The van der Waals surface area contributed by atoms with Crippen molar-refractivity contribution in [2.45, 2.75) is 18.2 Å². The highest BCUT2D eigenvalue weighted by atomic mass is 79.9. The van der Waals surface area contributed by atoms with E-state index < -0.39 is 10.0 Å². The van der Waals surface area contributed by atoms with Crippen LogP contribution in [-0.4, -0.2) is 15.0 Å². The van der Waals surface area contributed by atoms with Gasteiger partial charge in [-0.2, -0.15) is 0 Å². The monoisotopic (exact) mass is 366 g/mol. The van der Waals surface area contributed by atoms with Gasteiger partial charge in [-0.3, -0.25) is 4.72 Å². The fraction of sp³-hybridized carbons (Fsp3) is 0.200. The SMILES string of the molecule is Cc1ccc(Br)cc1NS(=O)(=O)c1ccc2c(c1)CCN2.